The minimum Gasteiger partial charge on any atom is -1.00 e. The van der Waals surface area contributed by atoms with E-state index in [4.69, 9.17) is 0 Å². The minimum absolute atomic E-state index is 0. The Balaban J connectivity index is -0.0000000900. The molecule has 3 heteroatoms. The van der Waals surface area contributed by atoms with E-state index in [0.717, 1.165) is 0 Å². The predicted molar refractivity (Wildman–Crippen MR) is 36.5 cm³/mol. The number of halogens is 1. The number of nitrogens with one attached hydrogen (secondary N) is 1. The van der Waals surface area contributed by atoms with Gasteiger partial charge in [-0.2, -0.15) is 0 Å². The quantitative estimate of drug-likeness (QED) is 0.433. The van der Waals surface area contributed by atoms with E-state index in [-0.39, 0.29) is 34.1 Å². The number of rotatable bonds is 0. The summed E-state index contributed by atoms with van der Waals surface area (Å²) in [6, 6.07) is 0. The third-order valence-electron chi connectivity index (χ3n) is 0.556. The van der Waals surface area contributed by atoms with Gasteiger partial charge in [-0.05, 0) is 46.2 Å². The van der Waals surface area contributed by atoms with E-state index in [1.807, 2.05) is 46.2 Å². The van der Waals surface area contributed by atoms with Gasteiger partial charge in [0.2, 0.25) is 0 Å². The zero-order chi connectivity index (χ0) is 6.24. The monoisotopic (exact) mass is 193 g/mol. The molecule has 0 bridgehead atoms. The standard InChI is InChI=1S/C5H5.C2H7N.ClH.Ti/c1-2-4-5-3-1;1-3-2;;/h1-5H;3H,1-2H3;1H;/q;;;+3/p-1. The molecule has 0 atom stereocenters. The average Bonchev–Trinajstić information content (AvgIpc) is 2.17. The van der Waals surface area contributed by atoms with Crippen molar-refractivity contribution >= 4 is 0 Å². The fourth-order valence-electron chi connectivity index (χ4n) is 0.321. The molecule has 1 nitrogen and oxygen atoms in total. The van der Waals surface area contributed by atoms with Gasteiger partial charge in [-0.1, -0.05) is 0 Å². The first kappa shape index (κ1) is 17.2. The maximum absolute atomic E-state index is 2.75. The van der Waals surface area contributed by atoms with Crippen LogP contribution in [-0.4, -0.2) is 14.1 Å². The van der Waals surface area contributed by atoms with Gasteiger partial charge in [0, 0.05) is 0 Å². The molecule has 0 spiro atoms. The summed E-state index contributed by atoms with van der Waals surface area (Å²) in [6.07, 6.45) is 10.0. The fourth-order valence-corrected chi connectivity index (χ4v) is 0.321. The van der Waals surface area contributed by atoms with Crippen LogP contribution in [0.1, 0.15) is 0 Å². The van der Waals surface area contributed by atoms with Crippen molar-refractivity contribution in [1.29, 1.82) is 0 Å². The Morgan fingerprint density at radius 2 is 0.900 bits per heavy atom. The first-order valence-electron chi connectivity index (χ1n) is 2.67. The van der Waals surface area contributed by atoms with Gasteiger partial charge in [0.05, 0.1) is 0 Å². The number of hydrogen-bond donors (Lipinski definition) is 1. The van der Waals surface area contributed by atoms with Crippen LogP contribution >= 0.6 is 0 Å². The Morgan fingerprint density at radius 1 is 0.800 bits per heavy atom. The van der Waals surface area contributed by atoms with Gasteiger partial charge in [-0.15, -0.1) is 0 Å². The molecule has 0 aromatic carbocycles. The Labute approximate surface area is 85.6 Å². The van der Waals surface area contributed by atoms with E-state index in [9.17, 15) is 0 Å². The minimum atomic E-state index is 0. The van der Waals surface area contributed by atoms with Crippen LogP contribution in [-0.2, 0) is 21.7 Å². The Hall–Kier alpha value is 0.964. The summed E-state index contributed by atoms with van der Waals surface area (Å²) in [7, 11) is 3.75. The molecule has 1 aliphatic rings. The Morgan fingerprint density at radius 3 is 1.00 bits per heavy atom. The molecule has 0 aromatic heterocycles. The molecule has 54 valence electrons. The summed E-state index contributed by atoms with van der Waals surface area (Å²) in [5.74, 6) is 0. The van der Waals surface area contributed by atoms with Crippen molar-refractivity contribution in [1.82, 2.24) is 5.32 Å². The second kappa shape index (κ2) is 16.5. The van der Waals surface area contributed by atoms with Gasteiger partial charge in [0.15, 0.2) is 0 Å². The van der Waals surface area contributed by atoms with Crippen LogP contribution in [0.25, 0.3) is 0 Å². The van der Waals surface area contributed by atoms with E-state index in [1.165, 1.54) is 0 Å². The van der Waals surface area contributed by atoms with Crippen molar-refractivity contribution in [2.75, 3.05) is 14.1 Å². The van der Waals surface area contributed by atoms with Crippen LogP contribution in [0.3, 0.4) is 0 Å². The van der Waals surface area contributed by atoms with Crippen LogP contribution in [0, 0.1) is 32.1 Å². The SMILES string of the molecule is CNC.[CH]1[CH][CH][CH][CH]1.[Cl-].[Ti+3]. The third-order valence-corrected chi connectivity index (χ3v) is 0.556. The third kappa shape index (κ3) is 16.0. The van der Waals surface area contributed by atoms with Crippen LogP contribution in [0.4, 0.5) is 0 Å². The predicted octanol–water partition coefficient (Wildman–Crippen LogP) is -2.14. The van der Waals surface area contributed by atoms with Crippen molar-refractivity contribution in [2.45, 2.75) is 0 Å². The van der Waals surface area contributed by atoms with Crippen molar-refractivity contribution in [3.8, 4) is 0 Å². The summed E-state index contributed by atoms with van der Waals surface area (Å²) >= 11 is 0. The summed E-state index contributed by atoms with van der Waals surface area (Å²) in [6.45, 7) is 0. The van der Waals surface area contributed by atoms with E-state index in [0.29, 0.717) is 0 Å². The van der Waals surface area contributed by atoms with E-state index in [1.54, 1.807) is 0 Å². The van der Waals surface area contributed by atoms with Gasteiger partial charge in [-0.3, -0.25) is 0 Å². The summed E-state index contributed by atoms with van der Waals surface area (Å²) in [5, 5.41) is 2.75. The molecule has 0 unspecified atom stereocenters. The van der Waals surface area contributed by atoms with E-state index >= 15 is 0 Å². The topological polar surface area (TPSA) is 12.0 Å². The first-order chi connectivity index (χ1) is 3.91. The van der Waals surface area contributed by atoms with Crippen LogP contribution in [0.2, 0.25) is 0 Å². The second-order valence-corrected chi connectivity index (χ2v) is 1.46. The molecule has 1 saturated carbocycles. The molecule has 10 heavy (non-hydrogen) atoms. The molecule has 1 N–H and O–H groups in total. The average molecular weight is 193 g/mol. The van der Waals surface area contributed by atoms with Gasteiger partial charge in [0.1, 0.15) is 0 Å². The van der Waals surface area contributed by atoms with E-state index < -0.39 is 0 Å². The van der Waals surface area contributed by atoms with Crippen molar-refractivity contribution in [2.24, 2.45) is 0 Å². The zero-order valence-electron chi connectivity index (χ0n) is 6.26. The molecule has 0 aromatic rings. The van der Waals surface area contributed by atoms with Crippen molar-refractivity contribution in [3.05, 3.63) is 32.1 Å². The summed E-state index contributed by atoms with van der Waals surface area (Å²) in [4.78, 5) is 0. The van der Waals surface area contributed by atoms with Gasteiger partial charge < -0.3 is 17.7 Å². The van der Waals surface area contributed by atoms with Gasteiger partial charge in [0.25, 0.3) is 0 Å². The second-order valence-electron chi connectivity index (χ2n) is 1.46. The molecule has 1 fully saturated rings. The largest absolute Gasteiger partial charge is 3.00 e. The van der Waals surface area contributed by atoms with Crippen molar-refractivity contribution < 1.29 is 34.1 Å². The van der Waals surface area contributed by atoms with Crippen molar-refractivity contribution in [3.63, 3.8) is 0 Å². The molecule has 0 aliphatic heterocycles. The molecule has 6 radical (unpaired) electrons. The normalized spacial score (nSPS) is 13.8. The van der Waals surface area contributed by atoms with Crippen LogP contribution in [0.5, 0.6) is 0 Å². The molecule has 1 rings (SSSR count). The zero-order valence-corrected chi connectivity index (χ0v) is 8.58. The van der Waals surface area contributed by atoms with Crippen LogP contribution in [0.15, 0.2) is 0 Å². The molecule has 1 aliphatic carbocycles. The molecular weight excluding hydrogens is 181 g/mol. The smallest absolute Gasteiger partial charge is 1.00 e. The van der Waals surface area contributed by atoms with Gasteiger partial charge >= 0.3 is 21.7 Å². The first-order valence-corrected chi connectivity index (χ1v) is 2.67. The Bertz CT molecular complexity index is 33.0. The van der Waals surface area contributed by atoms with Gasteiger partial charge in [-0.25, -0.2) is 0 Å². The maximum atomic E-state index is 2.75. The molecular formula is C7H12ClNTi+2. The molecule has 0 saturated heterocycles. The number of hydrogen-bond acceptors (Lipinski definition) is 1. The summed E-state index contributed by atoms with van der Waals surface area (Å²) in [5.41, 5.74) is 0. The fraction of sp³-hybridized carbons (Fsp3) is 0.286. The molecule has 0 amide bonds. The van der Waals surface area contributed by atoms with Crippen LogP contribution < -0.4 is 17.7 Å². The maximum Gasteiger partial charge on any atom is 3.00 e. The molecule has 0 heterocycles. The van der Waals surface area contributed by atoms with E-state index in [2.05, 4.69) is 5.32 Å². The summed E-state index contributed by atoms with van der Waals surface area (Å²) < 4.78 is 0. The Kier molecular flexibility index (Phi) is 28.3.